The van der Waals surface area contributed by atoms with E-state index in [1.807, 2.05) is 12.1 Å². The van der Waals surface area contributed by atoms with Crippen molar-refractivity contribution < 1.29 is 4.79 Å². The summed E-state index contributed by atoms with van der Waals surface area (Å²) in [5.74, 6) is 0. The van der Waals surface area contributed by atoms with Crippen molar-refractivity contribution in [1.29, 1.82) is 0 Å². The van der Waals surface area contributed by atoms with Crippen LogP contribution in [-0.4, -0.2) is 21.1 Å². The molecule has 0 aliphatic rings. The predicted molar refractivity (Wildman–Crippen MR) is 59.5 cm³/mol. The number of carbonyl (C=O) groups is 1. The van der Waals surface area contributed by atoms with E-state index in [1.54, 1.807) is 24.1 Å². The van der Waals surface area contributed by atoms with Crippen molar-refractivity contribution in [1.82, 2.24) is 14.8 Å². The van der Waals surface area contributed by atoms with Gasteiger partial charge in [0.05, 0.1) is 4.47 Å². The van der Waals surface area contributed by atoms with Gasteiger partial charge in [-0.25, -0.2) is 0 Å². The van der Waals surface area contributed by atoms with Crippen LogP contribution in [0.3, 0.4) is 0 Å². The van der Waals surface area contributed by atoms with E-state index < -0.39 is 0 Å². The van der Waals surface area contributed by atoms with Crippen molar-refractivity contribution in [2.24, 2.45) is 7.05 Å². The molecule has 0 amide bonds. The van der Waals surface area contributed by atoms with Gasteiger partial charge in [-0.15, -0.1) is 0 Å². The van der Waals surface area contributed by atoms with E-state index in [2.05, 4.69) is 26.0 Å². The number of aromatic nitrogens is 3. The van der Waals surface area contributed by atoms with Crippen LogP contribution in [0.5, 0.6) is 0 Å². The molecule has 0 saturated heterocycles. The van der Waals surface area contributed by atoms with Gasteiger partial charge in [-0.2, -0.15) is 5.10 Å². The van der Waals surface area contributed by atoms with Crippen LogP contribution in [0.2, 0.25) is 0 Å². The quantitative estimate of drug-likeness (QED) is 0.781. The molecule has 0 unspecified atom stereocenters. The van der Waals surface area contributed by atoms with Gasteiger partial charge in [-0.3, -0.25) is 14.5 Å². The van der Waals surface area contributed by atoms with Crippen LogP contribution in [0.4, 0.5) is 0 Å². The van der Waals surface area contributed by atoms with Crippen LogP contribution >= 0.6 is 15.9 Å². The van der Waals surface area contributed by atoms with Crippen molar-refractivity contribution in [2.75, 3.05) is 0 Å². The Balaban J connectivity index is 2.60. The Labute approximate surface area is 95.1 Å². The molecule has 0 bridgehead atoms. The van der Waals surface area contributed by atoms with Gasteiger partial charge < -0.3 is 0 Å². The Morgan fingerprint density at radius 2 is 2.07 bits per heavy atom. The highest BCUT2D eigenvalue weighted by atomic mass is 79.9. The van der Waals surface area contributed by atoms with E-state index in [-0.39, 0.29) is 0 Å². The van der Waals surface area contributed by atoms with Gasteiger partial charge in [0, 0.05) is 25.0 Å². The number of aryl methyl sites for hydroxylation is 1. The van der Waals surface area contributed by atoms with Gasteiger partial charge in [-0.05, 0) is 28.1 Å². The molecule has 2 heterocycles. The third-order valence-electron chi connectivity index (χ3n) is 2.10. The van der Waals surface area contributed by atoms with Gasteiger partial charge in [0.2, 0.25) is 0 Å². The minimum atomic E-state index is 0.529. The summed E-state index contributed by atoms with van der Waals surface area (Å²) in [6, 6.07) is 3.70. The van der Waals surface area contributed by atoms with Crippen LogP contribution in [0, 0.1) is 0 Å². The molecule has 0 N–H and O–H groups in total. The van der Waals surface area contributed by atoms with Crippen LogP contribution in [0.1, 0.15) is 10.5 Å². The Hall–Kier alpha value is -1.49. The second-order valence-corrected chi connectivity index (χ2v) is 3.82. The SMILES string of the molecule is Cn1nc(-c2ccncc2)c(Br)c1C=O. The number of halogens is 1. The topological polar surface area (TPSA) is 47.8 Å². The highest BCUT2D eigenvalue weighted by Gasteiger charge is 2.14. The smallest absolute Gasteiger partial charge is 0.169 e. The minimum Gasteiger partial charge on any atom is -0.296 e. The molecular formula is C10H8BrN3O. The predicted octanol–water partition coefficient (Wildman–Crippen LogP) is 2.06. The summed E-state index contributed by atoms with van der Waals surface area (Å²) in [7, 11) is 1.74. The number of hydrogen-bond donors (Lipinski definition) is 0. The maximum Gasteiger partial charge on any atom is 0.169 e. The third-order valence-corrected chi connectivity index (χ3v) is 2.88. The van der Waals surface area contributed by atoms with E-state index in [0.29, 0.717) is 10.2 Å². The van der Waals surface area contributed by atoms with Crippen molar-refractivity contribution in [3.8, 4) is 11.3 Å². The molecule has 0 spiro atoms. The Bertz CT molecular complexity index is 493. The molecule has 76 valence electrons. The zero-order valence-electron chi connectivity index (χ0n) is 8.01. The maximum atomic E-state index is 10.8. The molecule has 0 aliphatic carbocycles. The number of carbonyl (C=O) groups excluding carboxylic acids is 1. The molecule has 2 aromatic heterocycles. The third kappa shape index (κ3) is 1.70. The number of pyridine rings is 1. The molecule has 0 aliphatic heterocycles. The fraction of sp³-hybridized carbons (Fsp3) is 0.100. The lowest BCUT2D eigenvalue weighted by Crippen LogP contribution is -1.96. The summed E-state index contributed by atoms with van der Waals surface area (Å²) in [4.78, 5) is 14.7. The normalized spacial score (nSPS) is 10.3. The molecule has 0 aromatic carbocycles. The Morgan fingerprint density at radius 3 is 2.60 bits per heavy atom. The first-order valence-electron chi connectivity index (χ1n) is 4.32. The lowest BCUT2D eigenvalue weighted by Gasteiger charge is -1.95. The highest BCUT2D eigenvalue weighted by molar-refractivity contribution is 9.10. The summed E-state index contributed by atoms with van der Waals surface area (Å²) in [5, 5.41) is 4.26. The van der Waals surface area contributed by atoms with Crippen molar-refractivity contribution in [3.63, 3.8) is 0 Å². The molecule has 0 saturated carbocycles. The second kappa shape index (κ2) is 3.94. The molecule has 2 aromatic rings. The van der Waals surface area contributed by atoms with Crippen LogP contribution in [-0.2, 0) is 7.05 Å². The van der Waals surface area contributed by atoms with Gasteiger partial charge >= 0.3 is 0 Å². The van der Waals surface area contributed by atoms with Crippen LogP contribution in [0.25, 0.3) is 11.3 Å². The first kappa shape index (κ1) is 10.0. The number of aldehydes is 1. The van der Waals surface area contributed by atoms with Crippen LogP contribution < -0.4 is 0 Å². The molecule has 0 radical (unpaired) electrons. The maximum absolute atomic E-state index is 10.8. The average Bonchev–Trinajstić information content (AvgIpc) is 2.55. The average molecular weight is 266 g/mol. The summed E-state index contributed by atoms with van der Waals surface area (Å²) >= 11 is 3.36. The van der Waals surface area contributed by atoms with E-state index in [4.69, 9.17) is 0 Å². The molecule has 15 heavy (non-hydrogen) atoms. The summed E-state index contributed by atoms with van der Waals surface area (Å²) in [5.41, 5.74) is 2.21. The van der Waals surface area contributed by atoms with Crippen molar-refractivity contribution in [2.45, 2.75) is 0 Å². The van der Waals surface area contributed by atoms with Gasteiger partial charge in [-0.1, -0.05) is 0 Å². The Kier molecular flexibility index (Phi) is 2.64. The highest BCUT2D eigenvalue weighted by Crippen LogP contribution is 2.28. The van der Waals surface area contributed by atoms with Gasteiger partial charge in [0.1, 0.15) is 11.4 Å². The fourth-order valence-corrected chi connectivity index (χ4v) is 1.99. The molecule has 2 rings (SSSR count). The summed E-state index contributed by atoms with van der Waals surface area (Å²) < 4.78 is 2.26. The van der Waals surface area contributed by atoms with Crippen molar-refractivity contribution in [3.05, 3.63) is 34.7 Å². The lowest BCUT2D eigenvalue weighted by atomic mass is 10.2. The summed E-state index contributed by atoms with van der Waals surface area (Å²) in [6.07, 6.45) is 4.16. The van der Waals surface area contributed by atoms with Gasteiger partial charge in [0.15, 0.2) is 6.29 Å². The van der Waals surface area contributed by atoms with Crippen LogP contribution in [0.15, 0.2) is 29.0 Å². The number of nitrogens with zero attached hydrogens (tertiary/aromatic N) is 3. The van der Waals surface area contributed by atoms with E-state index in [9.17, 15) is 4.79 Å². The molecule has 0 atom stereocenters. The fourth-order valence-electron chi connectivity index (χ4n) is 1.33. The second-order valence-electron chi connectivity index (χ2n) is 3.03. The number of rotatable bonds is 2. The van der Waals surface area contributed by atoms with E-state index >= 15 is 0 Å². The van der Waals surface area contributed by atoms with E-state index in [1.165, 1.54) is 0 Å². The zero-order valence-corrected chi connectivity index (χ0v) is 9.60. The molecule has 4 nitrogen and oxygen atoms in total. The molecular weight excluding hydrogens is 258 g/mol. The summed E-state index contributed by atoms with van der Waals surface area (Å²) in [6.45, 7) is 0. The zero-order chi connectivity index (χ0) is 10.8. The Morgan fingerprint density at radius 1 is 1.40 bits per heavy atom. The largest absolute Gasteiger partial charge is 0.296 e. The standard InChI is InChI=1S/C10H8BrN3O/c1-14-8(6-15)9(11)10(13-14)7-2-4-12-5-3-7/h2-6H,1H3. The molecule has 0 fully saturated rings. The van der Waals surface area contributed by atoms with Gasteiger partial charge in [0.25, 0.3) is 0 Å². The lowest BCUT2D eigenvalue weighted by molar-refractivity contribution is 0.111. The number of hydrogen-bond acceptors (Lipinski definition) is 3. The first-order valence-corrected chi connectivity index (χ1v) is 5.11. The van der Waals surface area contributed by atoms with Crippen molar-refractivity contribution >= 4 is 22.2 Å². The molecule has 5 heteroatoms. The van der Waals surface area contributed by atoms with E-state index in [0.717, 1.165) is 17.5 Å². The minimum absolute atomic E-state index is 0.529. The monoisotopic (exact) mass is 265 g/mol. The first-order chi connectivity index (χ1) is 7.24.